The number of hydrogen-bond acceptors (Lipinski definition) is 4. The molecule has 2 amide bonds. The minimum Gasteiger partial charge on any atom is -0.495 e. The second-order valence-electron chi connectivity index (χ2n) is 5.05. The smallest absolute Gasteiger partial charge is 0.314 e. The minimum atomic E-state index is -0.624. The van der Waals surface area contributed by atoms with Crippen LogP contribution in [0, 0.1) is 6.92 Å². The summed E-state index contributed by atoms with van der Waals surface area (Å²) < 4.78 is 5.20. The number of ether oxygens (including phenoxy) is 1. The van der Waals surface area contributed by atoms with Crippen LogP contribution >= 0.6 is 0 Å². The highest BCUT2D eigenvalue weighted by Crippen LogP contribution is 2.25. The fourth-order valence-electron chi connectivity index (χ4n) is 2.29. The molecule has 0 atom stereocenters. The number of aryl methyl sites for hydroxylation is 1. The van der Waals surface area contributed by atoms with Gasteiger partial charge in [-0.1, -0.05) is 6.07 Å². The molecule has 1 aliphatic heterocycles. The summed E-state index contributed by atoms with van der Waals surface area (Å²) in [6.07, 6.45) is 0.854. The Morgan fingerprint density at radius 2 is 2.10 bits per heavy atom. The highest BCUT2D eigenvalue weighted by atomic mass is 16.5. The van der Waals surface area contributed by atoms with Crippen LogP contribution in [0.5, 0.6) is 5.75 Å². The second-order valence-corrected chi connectivity index (χ2v) is 5.05. The van der Waals surface area contributed by atoms with Crippen molar-refractivity contribution in [3.63, 3.8) is 0 Å². The van der Waals surface area contributed by atoms with E-state index in [0.717, 1.165) is 18.5 Å². The zero-order chi connectivity index (χ0) is 15.2. The molecular formula is C15H21N3O3. The predicted molar refractivity (Wildman–Crippen MR) is 80.4 cm³/mol. The molecule has 1 aliphatic rings. The first-order chi connectivity index (χ1) is 10.1. The average molecular weight is 291 g/mol. The molecule has 0 unspecified atom stereocenters. The van der Waals surface area contributed by atoms with Gasteiger partial charge in [0.2, 0.25) is 0 Å². The number of carbonyl (C=O) groups is 2. The number of nitrogens with one attached hydrogen (secondary N) is 2. The minimum absolute atomic E-state index is 0.498. The van der Waals surface area contributed by atoms with E-state index in [1.165, 1.54) is 7.11 Å². The van der Waals surface area contributed by atoms with Crippen LogP contribution in [-0.4, -0.2) is 50.0 Å². The first kappa shape index (κ1) is 15.3. The van der Waals surface area contributed by atoms with Gasteiger partial charge in [0.05, 0.1) is 12.8 Å². The van der Waals surface area contributed by atoms with E-state index in [2.05, 4.69) is 10.6 Å². The Labute approximate surface area is 124 Å². The van der Waals surface area contributed by atoms with E-state index >= 15 is 0 Å². The lowest BCUT2D eigenvalue weighted by Crippen LogP contribution is -2.41. The van der Waals surface area contributed by atoms with Crippen molar-refractivity contribution in [3.05, 3.63) is 23.8 Å². The first-order valence-electron chi connectivity index (χ1n) is 7.07. The van der Waals surface area contributed by atoms with Gasteiger partial charge < -0.3 is 20.3 Å². The van der Waals surface area contributed by atoms with Crippen LogP contribution in [0.3, 0.4) is 0 Å². The normalized spacial score (nSPS) is 15.2. The molecule has 1 fully saturated rings. The maximum absolute atomic E-state index is 12.2. The van der Waals surface area contributed by atoms with Crippen LogP contribution in [-0.2, 0) is 9.59 Å². The molecule has 0 radical (unpaired) electrons. The van der Waals surface area contributed by atoms with E-state index in [1.54, 1.807) is 17.0 Å². The Balaban J connectivity index is 2.06. The molecule has 114 valence electrons. The molecule has 21 heavy (non-hydrogen) atoms. The largest absolute Gasteiger partial charge is 0.495 e. The lowest BCUT2D eigenvalue weighted by Gasteiger charge is -2.19. The van der Waals surface area contributed by atoms with Gasteiger partial charge in [-0.05, 0) is 37.6 Å². The van der Waals surface area contributed by atoms with E-state index < -0.39 is 11.8 Å². The van der Waals surface area contributed by atoms with Crippen LogP contribution in [0.4, 0.5) is 5.69 Å². The van der Waals surface area contributed by atoms with Gasteiger partial charge in [0.25, 0.3) is 0 Å². The van der Waals surface area contributed by atoms with Gasteiger partial charge in [-0.15, -0.1) is 0 Å². The third kappa shape index (κ3) is 3.95. The maximum Gasteiger partial charge on any atom is 0.314 e. The van der Waals surface area contributed by atoms with Crippen molar-refractivity contribution in [2.45, 2.75) is 13.3 Å². The van der Waals surface area contributed by atoms with Crippen molar-refractivity contribution in [1.29, 1.82) is 0 Å². The van der Waals surface area contributed by atoms with Crippen LogP contribution in [0.1, 0.15) is 12.0 Å². The fraction of sp³-hybridized carbons (Fsp3) is 0.467. The maximum atomic E-state index is 12.2. The third-order valence-corrected chi connectivity index (χ3v) is 3.42. The number of nitrogens with zero attached hydrogens (tertiary/aromatic N) is 1. The molecular weight excluding hydrogens is 270 g/mol. The number of benzene rings is 1. The Bertz CT molecular complexity index is 523. The number of methoxy groups -OCH3 is 1. The van der Waals surface area contributed by atoms with Gasteiger partial charge >= 0.3 is 11.8 Å². The quantitative estimate of drug-likeness (QED) is 0.789. The molecule has 1 saturated heterocycles. The summed E-state index contributed by atoms with van der Waals surface area (Å²) in [4.78, 5) is 25.9. The van der Waals surface area contributed by atoms with Crippen LogP contribution in [0.25, 0.3) is 0 Å². The Hall–Kier alpha value is -2.08. The molecule has 2 rings (SSSR count). The Morgan fingerprint density at radius 3 is 2.86 bits per heavy atom. The van der Waals surface area contributed by atoms with Gasteiger partial charge in [0.1, 0.15) is 5.75 Å². The number of hydrogen-bond donors (Lipinski definition) is 2. The molecule has 6 heteroatoms. The standard InChI is InChI=1S/C15H21N3O3/c1-11-4-5-13(21-2)12(10-11)17-14(19)15(20)18-8-3-6-16-7-9-18/h4-5,10,16H,3,6-9H2,1-2H3,(H,17,19). The Kier molecular flexibility index (Phi) is 5.16. The highest BCUT2D eigenvalue weighted by molar-refractivity contribution is 6.39. The van der Waals surface area contributed by atoms with Crippen LogP contribution in [0.15, 0.2) is 18.2 Å². The zero-order valence-electron chi connectivity index (χ0n) is 12.4. The number of carbonyl (C=O) groups excluding carboxylic acids is 2. The first-order valence-corrected chi connectivity index (χ1v) is 7.07. The Morgan fingerprint density at radius 1 is 1.29 bits per heavy atom. The summed E-state index contributed by atoms with van der Waals surface area (Å²) in [7, 11) is 1.53. The summed E-state index contributed by atoms with van der Waals surface area (Å²) in [5.74, 6) is -0.581. The molecule has 1 heterocycles. The average Bonchev–Trinajstić information content (AvgIpc) is 2.75. The summed E-state index contributed by atoms with van der Waals surface area (Å²) in [6, 6.07) is 5.44. The van der Waals surface area contributed by atoms with Gasteiger partial charge in [0.15, 0.2) is 0 Å². The summed E-state index contributed by atoms with van der Waals surface area (Å²) in [5, 5.41) is 5.85. The molecule has 1 aromatic carbocycles. The third-order valence-electron chi connectivity index (χ3n) is 3.42. The predicted octanol–water partition coefficient (Wildman–Crippen LogP) is 0.764. The molecule has 0 aliphatic carbocycles. The number of rotatable bonds is 2. The van der Waals surface area contributed by atoms with Crippen molar-refractivity contribution in [1.82, 2.24) is 10.2 Å². The van der Waals surface area contributed by atoms with Crippen LogP contribution < -0.4 is 15.4 Å². The van der Waals surface area contributed by atoms with E-state index in [4.69, 9.17) is 4.74 Å². The van der Waals surface area contributed by atoms with Crippen molar-refractivity contribution in [2.24, 2.45) is 0 Å². The molecule has 0 saturated carbocycles. The highest BCUT2D eigenvalue weighted by Gasteiger charge is 2.23. The zero-order valence-corrected chi connectivity index (χ0v) is 12.4. The molecule has 2 N–H and O–H groups in total. The second kappa shape index (κ2) is 7.08. The topological polar surface area (TPSA) is 70.7 Å². The lowest BCUT2D eigenvalue weighted by atomic mass is 10.2. The van der Waals surface area contributed by atoms with Gasteiger partial charge in [0, 0.05) is 19.6 Å². The van der Waals surface area contributed by atoms with Crippen molar-refractivity contribution < 1.29 is 14.3 Å². The number of amides is 2. The summed E-state index contributed by atoms with van der Waals surface area (Å²) >= 11 is 0. The van der Waals surface area contributed by atoms with Gasteiger partial charge in [-0.25, -0.2) is 0 Å². The number of anilines is 1. The molecule has 1 aromatic rings. The van der Waals surface area contributed by atoms with Crippen molar-refractivity contribution in [3.8, 4) is 5.75 Å². The fourth-order valence-corrected chi connectivity index (χ4v) is 2.29. The summed E-state index contributed by atoms with van der Waals surface area (Å²) in [5.41, 5.74) is 1.50. The monoisotopic (exact) mass is 291 g/mol. The summed E-state index contributed by atoms with van der Waals surface area (Å²) in [6.45, 7) is 4.66. The van der Waals surface area contributed by atoms with E-state index in [1.807, 2.05) is 13.0 Å². The van der Waals surface area contributed by atoms with E-state index in [0.29, 0.717) is 31.1 Å². The van der Waals surface area contributed by atoms with Gasteiger partial charge in [-0.3, -0.25) is 9.59 Å². The molecule has 6 nitrogen and oxygen atoms in total. The van der Waals surface area contributed by atoms with Crippen LogP contribution in [0.2, 0.25) is 0 Å². The van der Waals surface area contributed by atoms with Gasteiger partial charge in [-0.2, -0.15) is 0 Å². The lowest BCUT2D eigenvalue weighted by molar-refractivity contribution is -0.143. The molecule has 0 bridgehead atoms. The molecule has 0 spiro atoms. The van der Waals surface area contributed by atoms with Crippen molar-refractivity contribution in [2.75, 3.05) is 38.6 Å². The molecule has 0 aromatic heterocycles. The SMILES string of the molecule is COc1ccc(C)cc1NC(=O)C(=O)N1CCCNCC1. The van der Waals surface area contributed by atoms with E-state index in [9.17, 15) is 9.59 Å². The van der Waals surface area contributed by atoms with E-state index in [-0.39, 0.29) is 0 Å². The van der Waals surface area contributed by atoms with Crippen molar-refractivity contribution >= 4 is 17.5 Å².